The highest BCUT2D eigenvalue weighted by atomic mass is 16.4. The number of nitrogens with two attached hydrogens (primary N) is 1. The Hall–Kier alpha value is -1.10. The Morgan fingerprint density at radius 2 is 1.88 bits per heavy atom. The molecule has 3 unspecified atom stereocenters. The third-order valence-electron chi connectivity index (χ3n) is 3.90. The van der Waals surface area contributed by atoms with Crippen molar-refractivity contribution in [1.29, 1.82) is 0 Å². The first kappa shape index (κ1) is 12.4. The lowest BCUT2D eigenvalue weighted by Gasteiger charge is -2.32. The molecule has 1 amide bonds. The van der Waals surface area contributed by atoms with Crippen molar-refractivity contribution in [1.82, 2.24) is 4.90 Å². The summed E-state index contributed by atoms with van der Waals surface area (Å²) in [6, 6.07) is 0.0874. The second kappa shape index (κ2) is 5.04. The number of carbonyl (C=O) groups is 2. The van der Waals surface area contributed by atoms with Gasteiger partial charge in [0.2, 0.25) is 5.91 Å². The molecule has 0 radical (unpaired) electrons. The van der Waals surface area contributed by atoms with E-state index in [2.05, 4.69) is 0 Å². The number of aliphatic carboxylic acids is 1. The van der Waals surface area contributed by atoms with Crippen molar-refractivity contribution < 1.29 is 14.7 Å². The molecule has 1 heterocycles. The van der Waals surface area contributed by atoms with Crippen LogP contribution in [-0.4, -0.2) is 41.0 Å². The predicted molar refractivity (Wildman–Crippen MR) is 62.3 cm³/mol. The van der Waals surface area contributed by atoms with Gasteiger partial charge in [-0.3, -0.25) is 9.59 Å². The fraction of sp³-hybridized carbons (Fsp3) is 0.833. The minimum atomic E-state index is -0.768. The molecule has 2 fully saturated rings. The van der Waals surface area contributed by atoms with Gasteiger partial charge in [-0.25, -0.2) is 0 Å². The van der Waals surface area contributed by atoms with Crippen LogP contribution in [0.15, 0.2) is 0 Å². The van der Waals surface area contributed by atoms with Crippen molar-refractivity contribution in [3.05, 3.63) is 0 Å². The van der Waals surface area contributed by atoms with Crippen molar-refractivity contribution >= 4 is 11.9 Å². The van der Waals surface area contributed by atoms with E-state index in [1.807, 2.05) is 4.90 Å². The second-order valence-corrected chi connectivity index (χ2v) is 5.23. The standard InChI is InChI=1S/C12H20N2O3/c13-10-2-1-5-14(7-10)11(15)8-3-4-9(6-8)12(16)17/h8-10H,1-7,13H2,(H,16,17). The second-order valence-electron chi connectivity index (χ2n) is 5.23. The lowest BCUT2D eigenvalue weighted by molar-refractivity contribution is -0.141. The van der Waals surface area contributed by atoms with Crippen molar-refractivity contribution in [2.75, 3.05) is 13.1 Å². The summed E-state index contributed by atoms with van der Waals surface area (Å²) in [6.07, 6.45) is 3.78. The highest BCUT2D eigenvalue weighted by molar-refractivity contribution is 5.81. The molecule has 1 saturated heterocycles. The number of carboxylic acids is 1. The van der Waals surface area contributed by atoms with E-state index in [1.165, 1.54) is 0 Å². The Kier molecular flexibility index (Phi) is 3.66. The Balaban J connectivity index is 1.90. The van der Waals surface area contributed by atoms with Crippen LogP contribution in [0.3, 0.4) is 0 Å². The molecule has 3 atom stereocenters. The van der Waals surface area contributed by atoms with E-state index in [4.69, 9.17) is 10.8 Å². The van der Waals surface area contributed by atoms with Gasteiger partial charge in [0.15, 0.2) is 0 Å². The fourth-order valence-corrected chi connectivity index (χ4v) is 2.90. The number of hydrogen-bond acceptors (Lipinski definition) is 3. The van der Waals surface area contributed by atoms with E-state index >= 15 is 0 Å². The third kappa shape index (κ3) is 2.77. The zero-order valence-corrected chi connectivity index (χ0v) is 9.97. The molecular formula is C12H20N2O3. The largest absolute Gasteiger partial charge is 0.481 e. The van der Waals surface area contributed by atoms with Crippen LogP contribution in [0.25, 0.3) is 0 Å². The predicted octanol–water partition coefficient (Wildman–Crippen LogP) is 0.437. The van der Waals surface area contributed by atoms with Crippen LogP contribution in [0.4, 0.5) is 0 Å². The van der Waals surface area contributed by atoms with Crippen molar-refractivity contribution in [3.8, 4) is 0 Å². The van der Waals surface area contributed by atoms with Crippen LogP contribution in [0.1, 0.15) is 32.1 Å². The van der Waals surface area contributed by atoms with Gasteiger partial charge in [0, 0.05) is 25.0 Å². The zero-order valence-electron chi connectivity index (χ0n) is 9.97. The van der Waals surface area contributed by atoms with Gasteiger partial charge in [0.1, 0.15) is 0 Å². The summed E-state index contributed by atoms with van der Waals surface area (Å²) in [5, 5.41) is 8.92. The first-order valence-corrected chi connectivity index (χ1v) is 6.35. The van der Waals surface area contributed by atoms with Crippen LogP contribution in [-0.2, 0) is 9.59 Å². The Morgan fingerprint density at radius 3 is 2.47 bits per heavy atom. The quantitative estimate of drug-likeness (QED) is 0.733. The molecule has 1 saturated carbocycles. The topological polar surface area (TPSA) is 83.6 Å². The summed E-state index contributed by atoms with van der Waals surface area (Å²) < 4.78 is 0. The number of likely N-dealkylation sites (tertiary alicyclic amines) is 1. The van der Waals surface area contributed by atoms with Crippen LogP contribution < -0.4 is 5.73 Å². The van der Waals surface area contributed by atoms with Gasteiger partial charge in [-0.05, 0) is 32.1 Å². The van der Waals surface area contributed by atoms with E-state index in [1.54, 1.807) is 0 Å². The molecule has 0 spiro atoms. The SMILES string of the molecule is NC1CCCN(C(=O)C2CCC(C(=O)O)C2)C1. The first-order valence-electron chi connectivity index (χ1n) is 6.35. The summed E-state index contributed by atoms with van der Waals surface area (Å²) in [5.41, 5.74) is 5.85. The van der Waals surface area contributed by atoms with E-state index in [-0.39, 0.29) is 23.8 Å². The third-order valence-corrected chi connectivity index (χ3v) is 3.90. The fourth-order valence-electron chi connectivity index (χ4n) is 2.90. The molecular weight excluding hydrogens is 220 g/mol. The van der Waals surface area contributed by atoms with E-state index in [0.29, 0.717) is 25.8 Å². The lowest BCUT2D eigenvalue weighted by Crippen LogP contribution is -2.47. The highest BCUT2D eigenvalue weighted by Gasteiger charge is 2.36. The van der Waals surface area contributed by atoms with E-state index < -0.39 is 5.97 Å². The summed E-state index contributed by atoms with van der Waals surface area (Å²) in [5.74, 6) is -1.08. The number of rotatable bonds is 2. The molecule has 96 valence electrons. The Labute approximate surface area is 101 Å². The molecule has 2 rings (SSSR count). The van der Waals surface area contributed by atoms with Crippen molar-refractivity contribution in [2.45, 2.75) is 38.1 Å². The average Bonchev–Trinajstić information content (AvgIpc) is 2.77. The maximum atomic E-state index is 12.2. The van der Waals surface area contributed by atoms with Crippen LogP contribution in [0, 0.1) is 11.8 Å². The normalized spacial score (nSPS) is 33.7. The Bertz CT molecular complexity index is 319. The van der Waals surface area contributed by atoms with Gasteiger partial charge in [0.05, 0.1) is 5.92 Å². The lowest BCUT2D eigenvalue weighted by atomic mass is 10.0. The maximum absolute atomic E-state index is 12.2. The number of amides is 1. The highest BCUT2D eigenvalue weighted by Crippen LogP contribution is 2.32. The monoisotopic (exact) mass is 240 g/mol. The minimum absolute atomic E-state index is 0.0874. The van der Waals surface area contributed by atoms with E-state index in [9.17, 15) is 9.59 Å². The number of carbonyl (C=O) groups excluding carboxylic acids is 1. The van der Waals surface area contributed by atoms with Gasteiger partial charge >= 0.3 is 5.97 Å². The van der Waals surface area contributed by atoms with Crippen molar-refractivity contribution in [2.24, 2.45) is 17.6 Å². The summed E-state index contributed by atoms with van der Waals surface area (Å²) in [7, 11) is 0. The molecule has 2 aliphatic rings. The molecule has 1 aliphatic carbocycles. The molecule has 3 N–H and O–H groups in total. The van der Waals surface area contributed by atoms with Gasteiger partial charge in [0.25, 0.3) is 0 Å². The minimum Gasteiger partial charge on any atom is -0.481 e. The molecule has 0 aromatic rings. The molecule has 0 aromatic heterocycles. The van der Waals surface area contributed by atoms with Crippen LogP contribution in [0.5, 0.6) is 0 Å². The molecule has 17 heavy (non-hydrogen) atoms. The molecule has 0 bridgehead atoms. The molecule has 5 heteroatoms. The first-order chi connectivity index (χ1) is 8.08. The maximum Gasteiger partial charge on any atom is 0.306 e. The number of carboxylic acid groups (broad SMARTS) is 1. The molecule has 1 aliphatic heterocycles. The Morgan fingerprint density at radius 1 is 1.18 bits per heavy atom. The number of piperidine rings is 1. The average molecular weight is 240 g/mol. The van der Waals surface area contributed by atoms with Gasteiger partial charge < -0.3 is 15.7 Å². The molecule has 5 nitrogen and oxygen atoms in total. The van der Waals surface area contributed by atoms with E-state index in [0.717, 1.165) is 19.4 Å². The summed E-state index contributed by atoms with van der Waals surface area (Å²) in [4.78, 5) is 24.9. The van der Waals surface area contributed by atoms with Gasteiger partial charge in [-0.2, -0.15) is 0 Å². The van der Waals surface area contributed by atoms with Crippen LogP contribution >= 0.6 is 0 Å². The molecule has 0 aromatic carbocycles. The van der Waals surface area contributed by atoms with Crippen LogP contribution in [0.2, 0.25) is 0 Å². The zero-order chi connectivity index (χ0) is 12.4. The number of hydrogen-bond donors (Lipinski definition) is 2. The summed E-state index contributed by atoms with van der Waals surface area (Å²) >= 11 is 0. The summed E-state index contributed by atoms with van der Waals surface area (Å²) in [6.45, 7) is 1.41. The van der Waals surface area contributed by atoms with Gasteiger partial charge in [-0.1, -0.05) is 0 Å². The smallest absolute Gasteiger partial charge is 0.306 e. The number of nitrogens with zero attached hydrogens (tertiary/aromatic N) is 1. The van der Waals surface area contributed by atoms with Crippen molar-refractivity contribution in [3.63, 3.8) is 0 Å². The van der Waals surface area contributed by atoms with Gasteiger partial charge in [-0.15, -0.1) is 0 Å².